The minimum absolute atomic E-state index is 0.335. The van der Waals surface area contributed by atoms with Gasteiger partial charge in [0.2, 0.25) is 0 Å². The van der Waals surface area contributed by atoms with E-state index in [1.807, 2.05) is 42.5 Å². The first kappa shape index (κ1) is 34.8. The predicted molar refractivity (Wildman–Crippen MR) is 204 cm³/mol. The third-order valence-electron chi connectivity index (χ3n) is 10.8. The second kappa shape index (κ2) is 16.6. The lowest BCUT2D eigenvalue weighted by Crippen LogP contribution is -2.13. The van der Waals surface area contributed by atoms with Crippen molar-refractivity contribution >= 4 is 0 Å². The molecule has 0 nitrogen and oxygen atoms in total. The topological polar surface area (TPSA) is 0 Å². The summed E-state index contributed by atoms with van der Waals surface area (Å²) in [6, 6.07) is 35.8. The lowest BCUT2D eigenvalue weighted by Gasteiger charge is -2.28. The SMILES string of the molecule is CCCc1ccc(-c2ccc(CCc3cc(-c4ccc(CCC)cc4)c(F)c(F)c3-c3ccc(C4CCC(CCC)CC4)cc3)cc2)cc1. The van der Waals surface area contributed by atoms with Gasteiger partial charge in [0, 0.05) is 11.1 Å². The summed E-state index contributed by atoms with van der Waals surface area (Å²) in [6.07, 6.45) is 13.2. The van der Waals surface area contributed by atoms with Gasteiger partial charge in [-0.15, -0.1) is 0 Å². The fourth-order valence-electron chi connectivity index (χ4n) is 7.95. The minimum atomic E-state index is -0.769. The molecule has 0 bridgehead atoms. The standard InChI is InChI=1S/C47H52F2/c1-4-7-33-10-19-37(20-11-33)38-23-14-36(15-24-38)18-27-43-32-44(41-25-16-35(9-6-3)17-26-41)46(48)47(49)45(43)42-30-28-40(29-31-42)39-21-12-34(8-5-2)13-22-39/h10-11,14-17,19-20,23-26,28-32,34,39H,4-9,12-13,18,21-22,27H2,1-3H3. The van der Waals surface area contributed by atoms with Crippen LogP contribution in [-0.4, -0.2) is 0 Å². The summed E-state index contributed by atoms with van der Waals surface area (Å²) in [4.78, 5) is 0. The van der Waals surface area contributed by atoms with E-state index < -0.39 is 11.6 Å². The van der Waals surface area contributed by atoms with Crippen molar-refractivity contribution in [3.8, 4) is 33.4 Å². The Balaban J connectivity index is 1.28. The quantitative estimate of drug-likeness (QED) is 0.119. The van der Waals surface area contributed by atoms with E-state index in [9.17, 15) is 0 Å². The first-order valence-electron chi connectivity index (χ1n) is 18.9. The average molecular weight is 655 g/mol. The highest BCUT2D eigenvalue weighted by Crippen LogP contribution is 2.40. The molecular formula is C47H52F2. The molecule has 1 aliphatic carbocycles. The Kier molecular flexibility index (Phi) is 11.8. The summed E-state index contributed by atoms with van der Waals surface area (Å²) in [5.41, 5.74) is 10.5. The second-order valence-electron chi connectivity index (χ2n) is 14.3. The van der Waals surface area contributed by atoms with Gasteiger partial charge >= 0.3 is 0 Å². The maximum atomic E-state index is 16.3. The fraction of sp³-hybridized carbons (Fsp3) is 0.362. The van der Waals surface area contributed by atoms with E-state index in [1.54, 1.807) is 0 Å². The van der Waals surface area contributed by atoms with Gasteiger partial charge in [-0.1, -0.05) is 144 Å². The summed E-state index contributed by atoms with van der Waals surface area (Å²) < 4.78 is 32.3. The van der Waals surface area contributed by atoms with Crippen molar-refractivity contribution < 1.29 is 8.78 Å². The summed E-state index contributed by atoms with van der Waals surface area (Å²) in [5, 5.41) is 0. The van der Waals surface area contributed by atoms with E-state index in [2.05, 4.69) is 81.4 Å². The number of halogens is 2. The molecule has 5 aromatic rings. The van der Waals surface area contributed by atoms with Crippen molar-refractivity contribution in [1.29, 1.82) is 0 Å². The molecule has 1 fully saturated rings. The molecule has 1 aliphatic rings. The van der Waals surface area contributed by atoms with Crippen LogP contribution in [0.25, 0.3) is 33.4 Å². The van der Waals surface area contributed by atoms with Gasteiger partial charge in [-0.3, -0.25) is 0 Å². The van der Waals surface area contributed by atoms with Gasteiger partial charge in [0.15, 0.2) is 11.6 Å². The molecule has 49 heavy (non-hydrogen) atoms. The Morgan fingerprint density at radius 1 is 0.490 bits per heavy atom. The van der Waals surface area contributed by atoms with Crippen LogP contribution < -0.4 is 0 Å². The van der Waals surface area contributed by atoms with Gasteiger partial charge in [-0.25, -0.2) is 8.78 Å². The van der Waals surface area contributed by atoms with Crippen LogP contribution >= 0.6 is 0 Å². The predicted octanol–water partition coefficient (Wildman–Crippen LogP) is 13.7. The summed E-state index contributed by atoms with van der Waals surface area (Å²) >= 11 is 0. The normalized spacial score (nSPS) is 16.2. The molecule has 254 valence electrons. The molecule has 2 heteroatoms. The number of hydrogen-bond acceptors (Lipinski definition) is 0. The first-order chi connectivity index (χ1) is 24.0. The van der Waals surface area contributed by atoms with E-state index in [4.69, 9.17) is 0 Å². The van der Waals surface area contributed by atoms with Gasteiger partial charge in [0.25, 0.3) is 0 Å². The Morgan fingerprint density at radius 2 is 0.980 bits per heavy atom. The lowest BCUT2D eigenvalue weighted by molar-refractivity contribution is 0.308. The highest BCUT2D eigenvalue weighted by Gasteiger charge is 2.24. The average Bonchev–Trinajstić information content (AvgIpc) is 3.14. The molecule has 6 rings (SSSR count). The van der Waals surface area contributed by atoms with Crippen molar-refractivity contribution in [2.45, 2.75) is 104 Å². The monoisotopic (exact) mass is 654 g/mol. The Morgan fingerprint density at radius 3 is 1.49 bits per heavy atom. The van der Waals surface area contributed by atoms with Crippen LogP contribution in [0.5, 0.6) is 0 Å². The Bertz CT molecular complexity index is 1770. The molecular weight excluding hydrogens is 603 g/mol. The van der Waals surface area contributed by atoms with E-state index in [-0.39, 0.29) is 0 Å². The maximum Gasteiger partial charge on any atom is 0.167 e. The zero-order chi connectivity index (χ0) is 34.2. The Labute approximate surface area is 293 Å². The fourth-order valence-corrected chi connectivity index (χ4v) is 7.95. The minimum Gasteiger partial charge on any atom is -0.203 e. The van der Waals surface area contributed by atoms with E-state index >= 15 is 8.78 Å². The molecule has 0 unspecified atom stereocenters. The molecule has 0 spiro atoms. The molecule has 0 heterocycles. The van der Waals surface area contributed by atoms with Crippen molar-refractivity contribution in [2.75, 3.05) is 0 Å². The van der Waals surface area contributed by atoms with Gasteiger partial charge in [0.1, 0.15) is 0 Å². The zero-order valence-electron chi connectivity index (χ0n) is 29.7. The highest BCUT2D eigenvalue weighted by molar-refractivity contribution is 5.75. The van der Waals surface area contributed by atoms with Gasteiger partial charge < -0.3 is 0 Å². The van der Waals surface area contributed by atoms with Gasteiger partial charge in [-0.2, -0.15) is 0 Å². The van der Waals surface area contributed by atoms with E-state index in [0.29, 0.717) is 29.0 Å². The van der Waals surface area contributed by atoms with Crippen LogP contribution in [0, 0.1) is 17.6 Å². The first-order valence-corrected chi connectivity index (χ1v) is 18.9. The molecule has 0 N–H and O–H groups in total. The highest BCUT2D eigenvalue weighted by atomic mass is 19.2. The smallest absolute Gasteiger partial charge is 0.167 e. The van der Waals surface area contributed by atoms with Gasteiger partial charge in [0.05, 0.1) is 0 Å². The number of aryl methyl sites for hydroxylation is 4. The van der Waals surface area contributed by atoms with Crippen LogP contribution in [-0.2, 0) is 25.7 Å². The van der Waals surface area contributed by atoms with Crippen LogP contribution in [0.2, 0.25) is 0 Å². The van der Waals surface area contributed by atoms with Crippen LogP contribution in [0.3, 0.4) is 0 Å². The molecule has 0 aliphatic heterocycles. The van der Waals surface area contributed by atoms with E-state index in [1.165, 1.54) is 71.9 Å². The zero-order valence-corrected chi connectivity index (χ0v) is 29.7. The maximum absolute atomic E-state index is 16.3. The van der Waals surface area contributed by atoms with E-state index in [0.717, 1.165) is 49.1 Å². The molecule has 0 saturated heterocycles. The number of hydrogen-bond donors (Lipinski definition) is 0. The van der Waals surface area contributed by atoms with Crippen LogP contribution in [0.1, 0.15) is 106 Å². The van der Waals surface area contributed by atoms with Crippen molar-refractivity contribution in [3.63, 3.8) is 0 Å². The molecule has 1 saturated carbocycles. The van der Waals surface area contributed by atoms with Crippen LogP contribution in [0.15, 0.2) is 103 Å². The second-order valence-corrected chi connectivity index (χ2v) is 14.3. The van der Waals surface area contributed by atoms with Crippen molar-refractivity contribution in [1.82, 2.24) is 0 Å². The Hall–Kier alpha value is -4.04. The molecule has 5 aromatic carbocycles. The van der Waals surface area contributed by atoms with Gasteiger partial charge in [-0.05, 0) is 119 Å². The van der Waals surface area contributed by atoms with Crippen LogP contribution in [0.4, 0.5) is 8.78 Å². The summed E-state index contributed by atoms with van der Waals surface area (Å²) in [7, 11) is 0. The largest absolute Gasteiger partial charge is 0.203 e. The number of rotatable bonds is 13. The third kappa shape index (κ3) is 8.41. The van der Waals surface area contributed by atoms with Crippen molar-refractivity contribution in [3.05, 3.63) is 143 Å². The molecule has 0 aromatic heterocycles. The summed E-state index contributed by atoms with van der Waals surface area (Å²) in [6.45, 7) is 6.63. The number of benzene rings is 5. The molecule has 0 radical (unpaired) electrons. The lowest BCUT2D eigenvalue weighted by atomic mass is 9.77. The third-order valence-corrected chi connectivity index (χ3v) is 10.8. The molecule has 0 atom stereocenters. The van der Waals surface area contributed by atoms with Crippen molar-refractivity contribution in [2.24, 2.45) is 5.92 Å². The molecule has 0 amide bonds. The summed E-state index contributed by atoms with van der Waals surface area (Å²) in [5.74, 6) is -0.109.